The molecule has 1 heterocycles. The lowest BCUT2D eigenvalue weighted by molar-refractivity contribution is 0.0590. The molecular weight excluding hydrogens is 275 g/mol. The molecule has 112 valence electrons. The van der Waals surface area contributed by atoms with Gasteiger partial charge in [-0.2, -0.15) is 0 Å². The molecule has 1 aromatic carbocycles. The largest absolute Gasteiger partial charge is 0.385 e. The summed E-state index contributed by atoms with van der Waals surface area (Å²) in [4.78, 5) is 11.9. The van der Waals surface area contributed by atoms with Gasteiger partial charge in [0.15, 0.2) is 11.9 Å². The summed E-state index contributed by atoms with van der Waals surface area (Å²) >= 11 is 0. The van der Waals surface area contributed by atoms with E-state index in [1.54, 1.807) is 37.3 Å². The molecule has 0 aliphatic heterocycles. The number of nitrogens with one attached hydrogen (secondary N) is 1. The molecule has 2 unspecified atom stereocenters. The molecule has 0 aliphatic rings. The van der Waals surface area contributed by atoms with Crippen LogP contribution in [0.2, 0.25) is 0 Å². The summed E-state index contributed by atoms with van der Waals surface area (Å²) < 4.78 is 19.5. The third-order valence-electron chi connectivity index (χ3n) is 3.25. The number of hydrogen-bond acceptors (Lipinski definition) is 4. The van der Waals surface area contributed by atoms with E-state index in [4.69, 9.17) is 4.52 Å². The standard InChI is InChI=1S/C15H17FN2O3/c1-3-10-11(15(20)17-2)14(21-18-10)12(16)13(19)9-7-5-4-6-8-9/h4-8,12-13,19H,3H2,1-2H3,(H,17,20). The van der Waals surface area contributed by atoms with E-state index in [2.05, 4.69) is 10.5 Å². The Morgan fingerprint density at radius 3 is 2.67 bits per heavy atom. The van der Waals surface area contributed by atoms with E-state index in [0.29, 0.717) is 17.7 Å². The number of halogens is 1. The van der Waals surface area contributed by atoms with Crippen LogP contribution < -0.4 is 5.32 Å². The highest BCUT2D eigenvalue weighted by molar-refractivity contribution is 5.96. The topological polar surface area (TPSA) is 75.4 Å². The highest BCUT2D eigenvalue weighted by Gasteiger charge is 2.32. The Bertz CT molecular complexity index is 613. The summed E-state index contributed by atoms with van der Waals surface area (Å²) in [5.41, 5.74) is 0.831. The summed E-state index contributed by atoms with van der Waals surface area (Å²) in [6.45, 7) is 1.79. The van der Waals surface area contributed by atoms with E-state index in [-0.39, 0.29) is 11.3 Å². The van der Waals surface area contributed by atoms with Gasteiger partial charge in [0.2, 0.25) is 0 Å². The first kappa shape index (κ1) is 15.2. The van der Waals surface area contributed by atoms with Gasteiger partial charge in [-0.15, -0.1) is 0 Å². The predicted octanol–water partition coefficient (Wildman–Crippen LogP) is 2.34. The number of hydrogen-bond donors (Lipinski definition) is 2. The van der Waals surface area contributed by atoms with Crippen molar-refractivity contribution in [2.75, 3.05) is 7.05 Å². The summed E-state index contributed by atoms with van der Waals surface area (Å²) in [6, 6.07) is 8.37. The van der Waals surface area contributed by atoms with Crippen LogP contribution in [0.4, 0.5) is 4.39 Å². The molecule has 5 nitrogen and oxygen atoms in total. The first-order valence-electron chi connectivity index (χ1n) is 6.67. The molecule has 2 N–H and O–H groups in total. The van der Waals surface area contributed by atoms with Crippen molar-refractivity contribution in [3.05, 3.63) is 52.9 Å². The summed E-state index contributed by atoms with van der Waals surface area (Å²) in [5, 5.41) is 16.3. The van der Waals surface area contributed by atoms with E-state index in [0.717, 1.165) is 0 Å². The molecule has 21 heavy (non-hydrogen) atoms. The number of nitrogens with zero attached hydrogens (tertiary/aromatic N) is 1. The van der Waals surface area contributed by atoms with Gasteiger partial charge in [-0.3, -0.25) is 4.79 Å². The Balaban J connectivity index is 2.37. The zero-order valence-corrected chi connectivity index (χ0v) is 11.8. The quantitative estimate of drug-likeness (QED) is 0.887. The van der Waals surface area contributed by atoms with Crippen molar-refractivity contribution < 1.29 is 18.8 Å². The van der Waals surface area contributed by atoms with E-state index in [1.807, 2.05) is 0 Å². The molecule has 2 rings (SSSR count). The Kier molecular flexibility index (Phi) is 4.70. The van der Waals surface area contributed by atoms with Crippen LogP contribution in [0.25, 0.3) is 0 Å². The second-order valence-corrected chi connectivity index (χ2v) is 4.56. The van der Waals surface area contributed by atoms with Crippen molar-refractivity contribution in [1.29, 1.82) is 0 Å². The highest BCUT2D eigenvalue weighted by Crippen LogP contribution is 2.35. The Morgan fingerprint density at radius 2 is 2.10 bits per heavy atom. The SMILES string of the molecule is CCc1noc(C(F)C(O)c2ccccc2)c1C(=O)NC. The van der Waals surface area contributed by atoms with Crippen molar-refractivity contribution in [3.8, 4) is 0 Å². The minimum atomic E-state index is -1.87. The number of aliphatic hydroxyl groups excluding tert-OH is 1. The minimum absolute atomic E-state index is 0.0579. The monoisotopic (exact) mass is 292 g/mol. The Hall–Kier alpha value is -2.21. The fraction of sp³-hybridized carbons (Fsp3) is 0.333. The van der Waals surface area contributed by atoms with Crippen LogP contribution in [-0.4, -0.2) is 23.2 Å². The van der Waals surface area contributed by atoms with Crippen molar-refractivity contribution in [1.82, 2.24) is 10.5 Å². The van der Waals surface area contributed by atoms with Crippen molar-refractivity contribution in [2.45, 2.75) is 25.6 Å². The van der Waals surface area contributed by atoms with Crippen LogP contribution in [0.5, 0.6) is 0 Å². The van der Waals surface area contributed by atoms with Crippen molar-refractivity contribution in [2.24, 2.45) is 0 Å². The average Bonchev–Trinajstić information content (AvgIpc) is 2.97. The number of alkyl halides is 1. The molecule has 0 spiro atoms. The van der Waals surface area contributed by atoms with Crippen LogP contribution in [0.15, 0.2) is 34.9 Å². The molecule has 6 heteroatoms. The average molecular weight is 292 g/mol. The fourth-order valence-electron chi connectivity index (χ4n) is 2.10. The zero-order valence-electron chi connectivity index (χ0n) is 11.8. The first-order valence-corrected chi connectivity index (χ1v) is 6.67. The van der Waals surface area contributed by atoms with Gasteiger partial charge >= 0.3 is 0 Å². The zero-order chi connectivity index (χ0) is 15.4. The first-order chi connectivity index (χ1) is 10.1. The molecule has 0 fully saturated rings. The predicted molar refractivity (Wildman–Crippen MR) is 74.5 cm³/mol. The number of aromatic nitrogens is 1. The van der Waals surface area contributed by atoms with Crippen LogP contribution in [0, 0.1) is 0 Å². The number of amides is 1. The van der Waals surface area contributed by atoms with Gasteiger partial charge in [0.1, 0.15) is 11.7 Å². The molecule has 1 aromatic heterocycles. The number of benzene rings is 1. The number of aliphatic hydroxyl groups is 1. The lowest BCUT2D eigenvalue weighted by Gasteiger charge is -2.14. The van der Waals surface area contributed by atoms with Crippen LogP contribution in [-0.2, 0) is 6.42 Å². The third kappa shape index (κ3) is 2.95. The third-order valence-corrected chi connectivity index (χ3v) is 3.25. The van der Waals surface area contributed by atoms with E-state index < -0.39 is 18.2 Å². The maximum Gasteiger partial charge on any atom is 0.256 e. The van der Waals surface area contributed by atoms with Gasteiger partial charge in [0, 0.05) is 7.05 Å². The second kappa shape index (κ2) is 6.49. The molecule has 2 atom stereocenters. The summed E-state index contributed by atoms with van der Waals surface area (Å²) in [5.74, 6) is -0.728. The van der Waals surface area contributed by atoms with Crippen LogP contribution in [0.1, 0.15) is 46.6 Å². The second-order valence-electron chi connectivity index (χ2n) is 4.56. The van der Waals surface area contributed by atoms with Gasteiger partial charge in [-0.25, -0.2) is 4.39 Å². The van der Waals surface area contributed by atoms with Gasteiger partial charge < -0.3 is 14.9 Å². The van der Waals surface area contributed by atoms with Crippen LogP contribution >= 0.6 is 0 Å². The molecule has 0 saturated carbocycles. The maximum atomic E-state index is 14.6. The van der Waals surface area contributed by atoms with Gasteiger partial charge in [-0.05, 0) is 12.0 Å². The summed E-state index contributed by atoms with van der Waals surface area (Å²) in [7, 11) is 1.44. The molecule has 2 aromatic rings. The smallest absolute Gasteiger partial charge is 0.256 e. The minimum Gasteiger partial charge on any atom is -0.385 e. The molecule has 1 amide bonds. The molecule has 0 radical (unpaired) electrons. The molecule has 0 aliphatic carbocycles. The van der Waals surface area contributed by atoms with Crippen LogP contribution in [0.3, 0.4) is 0 Å². The summed E-state index contributed by atoms with van der Waals surface area (Å²) in [6.07, 6.45) is -2.86. The number of aryl methyl sites for hydroxylation is 1. The Labute approximate surface area is 121 Å². The fourth-order valence-corrected chi connectivity index (χ4v) is 2.10. The van der Waals surface area contributed by atoms with Gasteiger partial charge in [0.25, 0.3) is 5.91 Å². The van der Waals surface area contributed by atoms with E-state index in [1.165, 1.54) is 7.05 Å². The lowest BCUT2D eigenvalue weighted by atomic mass is 10.00. The van der Waals surface area contributed by atoms with Crippen molar-refractivity contribution >= 4 is 5.91 Å². The van der Waals surface area contributed by atoms with Gasteiger partial charge in [0.05, 0.1) is 5.69 Å². The number of rotatable bonds is 5. The molecule has 0 bridgehead atoms. The normalized spacial score (nSPS) is 13.7. The number of carbonyl (C=O) groups excluding carboxylic acids is 1. The van der Waals surface area contributed by atoms with E-state index in [9.17, 15) is 14.3 Å². The van der Waals surface area contributed by atoms with E-state index >= 15 is 0 Å². The number of carbonyl (C=O) groups is 1. The maximum absolute atomic E-state index is 14.6. The Morgan fingerprint density at radius 1 is 1.43 bits per heavy atom. The molecular formula is C15H17FN2O3. The lowest BCUT2D eigenvalue weighted by Crippen LogP contribution is -2.21. The highest BCUT2D eigenvalue weighted by atomic mass is 19.1. The van der Waals surface area contributed by atoms with Gasteiger partial charge in [-0.1, -0.05) is 42.4 Å². The van der Waals surface area contributed by atoms with Crippen molar-refractivity contribution in [3.63, 3.8) is 0 Å². The molecule has 0 saturated heterocycles.